The van der Waals surface area contributed by atoms with Gasteiger partial charge in [-0.05, 0) is 24.3 Å². The number of benzene rings is 3. The van der Waals surface area contributed by atoms with E-state index in [2.05, 4.69) is 28.8 Å². The highest BCUT2D eigenvalue weighted by atomic mass is 16.5. The molecule has 1 unspecified atom stereocenters. The molecule has 154 valence electrons. The summed E-state index contributed by atoms with van der Waals surface area (Å²) < 4.78 is 7.32. The minimum atomic E-state index is -0.714. The van der Waals surface area contributed by atoms with Gasteiger partial charge in [-0.15, -0.1) is 0 Å². The molecule has 5 nitrogen and oxygen atoms in total. The van der Waals surface area contributed by atoms with Crippen molar-refractivity contribution in [1.82, 2.24) is 9.47 Å². The van der Waals surface area contributed by atoms with E-state index in [1.807, 2.05) is 42.5 Å². The second-order valence-electron chi connectivity index (χ2n) is 7.41. The number of methoxy groups -OCH3 is 1. The summed E-state index contributed by atoms with van der Waals surface area (Å²) in [5.74, 6) is -0.103. The van der Waals surface area contributed by atoms with Gasteiger partial charge in [-0.2, -0.15) is 0 Å². The molecule has 1 N–H and O–H groups in total. The van der Waals surface area contributed by atoms with Gasteiger partial charge in [0, 0.05) is 47.6 Å². The predicted molar refractivity (Wildman–Crippen MR) is 120 cm³/mol. The molecule has 1 atom stereocenters. The van der Waals surface area contributed by atoms with Crippen molar-refractivity contribution in [3.05, 3.63) is 84.4 Å². The number of aliphatic hydroxyl groups excluding tert-OH is 1. The number of ether oxygens (including phenoxy) is 1. The first kappa shape index (κ1) is 20.1. The van der Waals surface area contributed by atoms with E-state index in [1.54, 1.807) is 24.1 Å². The van der Waals surface area contributed by atoms with E-state index in [-0.39, 0.29) is 12.5 Å². The van der Waals surface area contributed by atoms with Gasteiger partial charge in [-0.3, -0.25) is 4.79 Å². The Morgan fingerprint density at radius 1 is 0.933 bits per heavy atom. The van der Waals surface area contributed by atoms with Crippen LogP contribution in [0.15, 0.2) is 78.9 Å². The number of fused-ring (bicyclic) bond motifs is 3. The Kier molecular flexibility index (Phi) is 6.12. The van der Waals surface area contributed by atoms with Crippen molar-refractivity contribution < 1.29 is 14.6 Å². The van der Waals surface area contributed by atoms with Crippen LogP contribution in [0.25, 0.3) is 21.8 Å². The molecule has 0 aliphatic heterocycles. The van der Waals surface area contributed by atoms with Crippen LogP contribution in [-0.4, -0.2) is 53.4 Å². The predicted octanol–water partition coefficient (Wildman–Crippen LogP) is 3.94. The molecule has 0 bridgehead atoms. The van der Waals surface area contributed by atoms with Gasteiger partial charge in [0.15, 0.2) is 0 Å². The fraction of sp³-hybridized carbons (Fsp3) is 0.240. The summed E-state index contributed by atoms with van der Waals surface area (Å²) in [6, 6.07) is 25.6. The lowest BCUT2D eigenvalue weighted by atomic mass is 10.2. The van der Waals surface area contributed by atoms with E-state index in [4.69, 9.17) is 4.74 Å². The van der Waals surface area contributed by atoms with Crippen LogP contribution in [0.1, 0.15) is 10.4 Å². The zero-order valence-corrected chi connectivity index (χ0v) is 17.1. The molecule has 1 amide bonds. The zero-order chi connectivity index (χ0) is 20.9. The summed E-state index contributed by atoms with van der Waals surface area (Å²) in [5, 5.41) is 13.3. The lowest BCUT2D eigenvalue weighted by molar-refractivity contribution is 0.0521. The topological polar surface area (TPSA) is 54.7 Å². The van der Waals surface area contributed by atoms with E-state index in [0.29, 0.717) is 25.3 Å². The Hall–Kier alpha value is -3.15. The summed E-state index contributed by atoms with van der Waals surface area (Å²) in [5.41, 5.74) is 2.77. The Balaban J connectivity index is 1.59. The number of aromatic nitrogens is 1. The number of amides is 1. The molecule has 30 heavy (non-hydrogen) atoms. The smallest absolute Gasteiger partial charge is 0.254 e. The summed E-state index contributed by atoms with van der Waals surface area (Å²) >= 11 is 0. The Morgan fingerprint density at radius 3 is 2.10 bits per heavy atom. The van der Waals surface area contributed by atoms with Gasteiger partial charge in [0.2, 0.25) is 0 Å². The maximum Gasteiger partial charge on any atom is 0.254 e. The number of hydrogen-bond acceptors (Lipinski definition) is 3. The van der Waals surface area contributed by atoms with Gasteiger partial charge < -0.3 is 19.3 Å². The second kappa shape index (κ2) is 9.11. The van der Waals surface area contributed by atoms with Crippen LogP contribution < -0.4 is 0 Å². The van der Waals surface area contributed by atoms with Gasteiger partial charge in [-0.25, -0.2) is 0 Å². The van der Waals surface area contributed by atoms with Crippen LogP contribution in [0, 0.1) is 0 Å². The fourth-order valence-corrected chi connectivity index (χ4v) is 3.96. The molecule has 4 rings (SSSR count). The lowest BCUT2D eigenvalue weighted by Gasteiger charge is -2.26. The number of carbonyl (C=O) groups is 1. The molecule has 0 aliphatic carbocycles. The van der Waals surface area contributed by atoms with Crippen LogP contribution in [0.5, 0.6) is 0 Å². The van der Waals surface area contributed by atoms with Crippen molar-refractivity contribution in [3.8, 4) is 0 Å². The van der Waals surface area contributed by atoms with Gasteiger partial charge in [0.1, 0.15) is 0 Å². The molecule has 0 aliphatic rings. The van der Waals surface area contributed by atoms with E-state index < -0.39 is 6.10 Å². The maximum absolute atomic E-state index is 13.0. The van der Waals surface area contributed by atoms with Crippen molar-refractivity contribution in [3.63, 3.8) is 0 Å². The van der Waals surface area contributed by atoms with Crippen molar-refractivity contribution >= 4 is 27.7 Å². The molecule has 1 aromatic heterocycles. The highest BCUT2D eigenvalue weighted by Crippen LogP contribution is 2.28. The van der Waals surface area contributed by atoms with Crippen LogP contribution in [0.2, 0.25) is 0 Å². The highest BCUT2D eigenvalue weighted by Gasteiger charge is 2.20. The zero-order valence-electron chi connectivity index (χ0n) is 17.1. The fourth-order valence-electron chi connectivity index (χ4n) is 3.96. The molecule has 3 aromatic carbocycles. The largest absolute Gasteiger partial charge is 0.389 e. The van der Waals surface area contributed by atoms with E-state index in [0.717, 1.165) is 21.8 Å². The monoisotopic (exact) mass is 402 g/mol. The summed E-state index contributed by atoms with van der Waals surface area (Å²) in [4.78, 5) is 14.6. The standard InChI is InChI=1S/C25H26N2O3/c1-30-16-15-26(25(29)19-9-3-2-4-10-19)17-20(28)18-27-23-13-7-5-11-21(23)22-12-6-8-14-24(22)27/h2-14,20,28H,15-18H2,1H3. The highest BCUT2D eigenvalue weighted by molar-refractivity contribution is 6.07. The van der Waals surface area contributed by atoms with E-state index >= 15 is 0 Å². The molecular formula is C25H26N2O3. The third-order valence-electron chi connectivity index (χ3n) is 5.38. The Bertz CT molecular complexity index is 1080. The van der Waals surface area contributed by atoms with Crippen LogP contribution >= 0.6 is 0 Å². The molecular weight excluding hydrogens is 376 g/mol. The maximum atomic E-state index is 13.0. The summed E-state index contributed by atoms with van der Waals surface area (Å²) in [6.45, 7) is 1.48. The molecule has 0 saturated carbocycles. The molecule has 5 heteroatoms. The average molecular weight is 402 g/mol. The quantitative estimate of drug-likeness (QED) is 0.486. The normalized spacial score (nSPS) is 12.3. The van der Waals surface area contributed by atoms with Crippen molar-refractivity contribution in [2.24, 2.45) is 0 Å². The second-order valence-corrected chi connectivity index (χ2v) is 7.41. The third-order valence-corrected chi connectivity index (χ3v) is 5.38. The Morgan fingerprint density at radius 2 is 1.50 bits per heavy atom. The molecule has 0 spiro atoms. The van der Waals surface area contributed by atoms with Crippen LogP contribution in [0.3, 0.4) is 0 Å². The van der Waals surface area contributed by atoms with Crippen LogP contribution in [0.4, 0.5) is 0 Å². The average Bonchev–Trinajstić information content (AvgIpc) is 3.10. The van der Waals surface area contributed by atoms with Gasteiger partial charge in [0.05, 0.1) is 19.3 Å². The molecule has 4 aromatic rings. The summed E-state index contributed by atoms with van der Waals surface area (Å²) in [7, 11) is 1.61. The first-order chi connectivity index (χ1) is 14.7. The molecule has 0 fully saturated rings. The van der Waals surface area contributed by atoms with Gasteiger partial charge in [-0.1, -0.05) is 54.6 Å². The van der Waals surface area contributed by atoms with Gasteiger partial charge in [0.25, 0.3) is 5.91 Å². The number of nitrogens with zero attached hydrogens (tertiary/aromatic N) is 2. The number of rotatable bonds is 8. The first-order valence-electron chi connectivity index (χ1n) is 10.2. The molecule has 1 heterocycles. The van der Waals surface area contributed by atoms with Crippen LogP contribution in [-0.2, 0) is 11.3 Å². The van der Waals surface area contributed by atoms with Crippen molar-refractivity contribution in [1.29, 1.82) is 0 Å². The number of carbonyl (C=O) groups excluding carboxylic acids is 1. The minimum Gasteiger partial charge on any atom is -0.389 e. The van der Waals surface area contributed by atoms with Gasteiger partial charge >= 0.3 is 0 Å². The third kappa shape index (κ3) is 4.08. The number of aliphatic hydroxyl groups is 1. The number of para-hydroxylation sites is 2. The Labute approximate surface area is 176 Å². The van der Waals surface area contributed by atoms with Crippen molar-refractivity contribution in [2.45, 2.75) is 12.6 Å². The van der Waals surface area contributed by atoms with E-state index in [1.165, 1.54) is 0 Å². The lowest BCUT2D eigenvalue weighted by Crippen LogP contribution is -2.40. The number of hydrogen-bond donors (Lipinski definition) is 1. The molecule has 0 radical (unpaired) electrons. The SMILES string of the molecule is COCCN(CC(O)Cn1c2ccccc2c2ccccc21)C(=O)c1ccccc1. The minimum absolute atomic E-state index is 0.103. The first-order valence-corrected chi connectivity index (χ1v) is 10.2. The van der Waals surface area contributed by atoms with E-state index in [9.17, 15) is 9.90 Å². The summed E-state index contributed by atoms with van der Waals surface area (Å²) in [6.07, 6.45) is -0.714. The van der Waals surface area contributed by atoms with Crippen molar-refractivity contribution in [2.75, 3.05) is 26.8 Å². The molecule has 0 saturated heterocycles.